The summed E-state index contributed by atoms with van der Waals surface area (Å²) >= 11 is 0. The Balaban J connectivity index is 4.26. The molecule has 2 nitrogen and oxygen atoms in total. The Hall–Kier alpha value is 0.110. The molecular formula is C11H25NOS. The predicted octanol–water partition coefficient (Wildman–Crippen LogP) is 2.31. The van der Waals surface area contributed by atoms with Crippen LogP contribution in [0.3, 0.4) is 0 Å². The first-order valence-corrected chi connectivity index (χ1v) is 7.13. The van der Waals surface area contributed by atoms with Crippen molar-refractivity contribution in [2.24, 2.45) is 0 Å². The molecule has 0 rings (SSSR count). The standard InChI is InChI=1S/C11H25NOS/c1-5-8-10(12-4)11(7-3)14(13)9-6-2/h10-12H,5-9H2,1-4H3. The van der Waals surface area contributed by atoms with E-state index in [1.165, 1.54) is 0 Å². The fraction of sp³-hybridized carbons (Fsp3) is 1.00. The Bertz CT molecular complexity index is 161. The van der Waals surface area contributed by atoms with Crippen LogP contribution in [-0.2, 0) is 10.8 Å². The minimum Gasteiger partial charge on any atom is -0.316 e. The second kappa shape index (κ2) is 8.42. The first-order valence-electron chi connectivity index (χ1n) is 5.75. The fourth-order valence-electron chi connectivity index (χ4n) is 1.83. The molecule has 0 fully saturated rings. The van der Waals surface area contributed by atoms with Crippen LogP contribution in [0.25, 0.3) is 0 Å². The van der Waals surface area contributed by atoms with Gasteiger partial charge in [0.25, 0.3) is 0 Å². The van der Waals surface area contributed by atoms with E-state index in [-0.39, 0.29) is 0 Å². The molecule has 0 spiro atoms. The van der Waals surface area contributed by atoms with Crippen LogP contribution in [0.15, 0.2) is 0 Å². The van der Waals surface area contributed by atoms with Crippen molar-refractivity contribution < 1.29 is 4.21 Å². The van der Waals surface area contributed by atoms with Gasteiger partial charge < -0.3 is 5.32 Å². The molecule has 0 bridgehead atoms. The maximum Gasteiger partial charge on any atom is 0.0498 e. The third kappa shape index (κ3) is 4.56. The van der Waals surface area contributed by atoms with Gasteiger partial charge in [0.1, 0.15) is 0 Å². The van der Waals surface area contributed by atoms with Crippen LogP contribution in [0.4, 0.5) is 0 Å². The van der Waals surface area contributed by atoms with Crippen molar-refractivity contribution in [3.8, 4) is 0 Å². The van der Waals surface area contributed by atoms with Gasteiger partial charge in [-0.15, -0.1) is 0 Å². The zero-order valence-electron chi connectivity index (χ0n) is 10.0. The molecule has 0 aromatic rings. The summed E-state index contributed by atoms with van der Waals surface area (Å²) in [6.07, 6.45) is 4.32. The summed E-state index contributed by atoms with van der Waals surface area (Å²) in [5, 5.41) is 3.63. The van der Waals surface area contributed by atoms with E-state index < -0.39 is 10.8 Å². The molecule has 3 unspecified atom stereocenters. The minimum absolute atomic E-state index is 0.333. The number of hydrogen-bond acceptors (Lipinski definition) is 2. The van der Waals surface area contributed by atoms with E-state index in [9.17, 15) is 4.21 Å². The molecule has 0 aliphatic rings. The summed E-state index contributed by atoms with van der Waals surface area (Å²) < 4.78 is 11.9. The summed E-state index contributed by atoms with van der Waals surface area (Å²) in [6, 6.07) is 0.428. The molecule has 86 valence electrons. The van der Waals surface area contributed by atoms with E-state index in [0.29, 0.717) is 11.3 Å². The molecular weight excluding hydrogens is 194 g/mol. The van der Waals surface area contributed by atoms with Crippen molar-refractivity contribution in [1.82, 2.24) is 5.32 Å². The molecule has 14 heavy (non-hydrogen) atoms. The Morgan fingerprint density at radius 3 is 2.21 bits per heavy atom. The monoisotopic (exact) mass is 219 g/mol. The van der Waals surface area contributed by atoms with Gasteiger partial charge in [-0.3, -0.25) is 4.21 Å². The number of rotatable bonds is 8. The van der Waals surface area contributed by atoms with E-state index in [4.69, 9.17) is 0 Å². The minimum atomic E-state index is -0.652. The first kappa shape index (κ1) is 14.1. The van der Waals surface area contributed by atoms with E-state index in [1.807, 2.05) is 7.05 Å². The van der Waals surface area contributed by atoms with Gasteiger partial charge >= 0.3 is 0 Å². The summed E-state index contributed by atoms with van der Waals surface area (Å²) in [4.78, 5) is 0. The van der Waals surface area contributed by atoms with Crippen LogP contribution in [0, 0.1) is 0 Å². The van der Waals surface area contributed by atoms with Crippen LogP contribution >= 0.6 is 0 Å². The molecule has 0 amide bonds. The number of nitrogens with one attached hydrogen (secondary N) is 1. The lowest BCUT2D eigenvalue weighted by Crippen LogP contribution is -2.40. The maximum atomic E-state index is 11.9. The van der Waals surface area contributed by atoms with Crippen molar-refractivity contribution in [2.45, 2.75) is 57.7 Å². The van der Waals surface area contributed by atoms with Gasteiger partial charge in [0.2, 0.25) is 0 Å². The topological polar surface area (TPSA) is 29.1 Å². The molecule has 0 aromatic carbocycles. The summed E-state index contributed by atoms with van der Waals surface area (Å²) in [7, 11) is 1.33. The Labute approximate surface area is 91.3 Å². The molecule has 3 heteroatoms. The van der Waals surface area contributed by atoms with Gasteiger partial charge in [-0.2, -0.15) is 0 Å². The third-order valence-electron chi connectivity index (χ3n) is 2.56. The van der Waals surface area contributed by atoms with Gasteiger partial charge in [0.05, 0.1) is 0 Å². The van der Waals surface area contributed by atoms with Crippen molar-refractivity contribution in [3.63, 3.8) is 0 Å². The van der Waals surface area contributed by atoms with Crippen LogP contribution in [-0.4, -0.2) is 28.3 Å². The third-order valence-corrected chi connectivity index (χ3v) is 4.71. The van der Waals surface area contributed by atoms with Gasteiger partial charge in [-0.05, 0) is 26.3 Å². The van der Waals surface area contributed by atoms with Gasteiger partial charge in [-0.1, -0.05) is 27.2 Å². The molecule has 0 saturated heterocycles. The zero-order chi connectivity index (χ0) is 11.0. The van der Waals surface area contributed by atoms with Crippen molar-refractivity contribution in [2.75, 3.05) is 12.8 Å². The average molecular weight is 219 g/mol. The van der Waals surface area contributed by atoms with Crippen LogP contribution < -0.4 is 5.32 Å². The molecule has 0 heterocycles. The Kier molecular flexibility index (Phi) is 8.49. The highest BCUT2D eigenvalue weighted by Crippen LogP contribution is 2.13. The van der Waals surface area contributed by atoms with Crippen LogP contribution in [0.5, 0.6) is 0 Å². The smallest absolute Gasteiger partial charge is 0.0498 e. The Morgan fingerprint density at radius 2 is 1.86 bits per heavy atom. The summed E-state index contributed by atoms with van der Waals surface area (Å²) in [6.45, 7) is 6.41. The lowest BCUT2D eigenvalue weighted by atomic mass is 10.1. The van der Waals surface area contributed by atoms with E-state index in [0.717, 1.165) is 31.4 Å². The highest BCUT2D eigenvalue weighted by atomic mass is 32.2. The van der Waals surface area contributed by atoms with Crippen LogP contribution in [0.2, 0.25) is 0 Å². The molecule has 1 N–H and O–H groups in total. The molecule has 0 aliphatic carbocycles. The van der Waals surface area contributed by atoms with Gasteiger partial charge in [0, 0.05) is 27.8 Å². The second-order valence-corrected chi connectivity index (χ2v) is 5.49. The molecule has 0 aromatic heterocycles. The van der Waals surface area contributed by atoms with Gasteiger partial charge in [-0.25, -0.2) is 0 Å². The molecule has 0 saturated carbocycles. The Morgan fingerprint density at radius 1 is 1.21 bits per heavy atom. The van der Waals surface area contributed by atoms with E-state index in [1.54, 1.807) is 0 Å². The quantitative estimate of drug-likeness (QED) is 0.679. The SMILES string of the molecule is CCCC(NC)C(CC)S(=O)CCC. The van der Waals surface area contributed by atoms with E-state index in [2.05, 4.69) is 26.1 Å². The fourth-order valence-corrected chi connectivity index (χ4v) is 3.55. The lowest BCUT2D eigenvalue weighted by molar-refractivity contribution is 0.480. The normalized spacial score (nSPS) is 17.7. The highest BCUT2D eigenvalue weighted by Gasteiger charge is 2.22. The largest absolute Gasteiger partial charge is 0.316 e. The molecule has 0 aliphatic heterocycles. The molecule has 0 radical (unpaired) electrons. The summed E-state index contributed by atoms with van der Waals surface area (Å²) in [5.41, 5.74) is 0. The first-order chi connectivity index (χ1) is 6.71. The van der Waals surface area contributed by atoms with Crippen molar-refractivity contribution in [1.29, 1.82) is 0 Å². The maximum absolute atomic E-state index is 11.9. The summed E-state index contributed by atoms with van der Waals surface area (Å²) in [5.74, 6) is 0.848. The predicted molar refractivity (Wildman–Crippen MR) is 65.1 cm³/mol. The van der Waals surface area contributed by atoms with Gasteiger partial charge in [0.15, 0.2) is 0 Å². The average Bonchev–Trinajstić information content (AvgIpc) is 2.18. The zero-order valence-corrected chi connectivity index (χ0v) is 10.8. The molecule has 3 atom stereocenters. The van der Waals surface area contributed by atoms with E-state index >= 15 is 0 Å². The lowest BCUT2D eigenvalue weighted by Gasteiger charge is -2.24. The van der Waals surface area contributed by atoms with Crippen molar-refractivity contribution in [3.05, 3.63) is 0 Å². The second-order valence-electron chi connectivity index (χ2n) is 3.72. The van der Waals surface area contributed by atoms with Crippen LogP contribution in [0.1, 0.15) is 46.5 Å². The number of hydrogen-bond donors (Lipinski definition) is 1. The van der Waals surface area contributed by atoms with Crippen molar-refractivity contribution >= 4 is 10.8 Å². The highest BCUT2D eigenvalue weighted by molar-refractivity contribution is 7.85.